The quantitative estimate of drug-likeness (QED) is 0.257. The fourth-order valence-corrected chi connectivity index (χ4v) is 3.24. The van der Waals surface area contributed by atoms with Crippen LogP contribution in [-0.2, 0) is 4.79 Å². The van der Waals surface area contributed by atoms with E-state index >= 15 is 0 Å². The third-order valence-corrected chi connectivity index (χ3v) is 4.95. The minimum atomic E-state index is -0.371. The predicted octanol–water partition coefficient (Wildman–Crippen LogP) is 5.25. The van der Waals surface area contributed by atoms with Gasteiger partial charge in [0.25, 0.3) is 0 Å². The SMILES string of the molecule is COc1cccc(/C=C/C(=O)Nc2cc(C=Cc3cc(OC)c(OC)c(OC)c3)ccc2O)c1. The Kier molecular flexibility index (Phi) is 8.18. The highest BCUT2D eigenvalue weighted by Crippen LogP contribution is 2.38. The maximum Gasteiger partial charge on any atom is 0.248 e. The molecule has 0 heterocycles. The third-order valence-electron chi connectivity index (χ3n) is 4.95. The number of methoxy groups -OCH3 is 4. The summed E-state index contributed by atoms with van der Waals surface area (Å²) in [5.41, 5.74) is 2.72. The molecular formula is C27H27NO6. The highest BCUT2D eigenvalue weighted by molar-refractivity contribution is 6.03. The molecule has 0 aromatic heterocycles. The van der Waals surface area contributed by atoms with Gasteiger partial charge < -0.3 is 29.4 Å². The molecule has 2 N–H and O–H groups in total. The van der Waals surface area contributed by atoms with Crippen LogP contribution in [-0.4, -0.2) is 39.5 Å². The van der Waals surface area contributed by atoms with Gasteiger partial charge >= 0.3 is 0 Å². The Morgan fingerprint density at radius 2 is 1.44 bits per heavy atom. The molecule has 3 aromatic carbocycles. The lowest BCUT2D eigenvalue weighted by Crippen LogP contribution is -2.08. The number of benzene rings is 3. The van der Waals surface area contributed by atoms with Crippen LogP contribution in [0.4, 0.5) is 5.69 Å². The molecule has 3 aromatic rings. The number of ether oxygens (including phenoxy) is 4. The van der Waals surface area contributed by atoms with E-state index in [9.17, 15) is 9.90 Å². The number of aromatic hydroxyl groups is 1. The Bertz CT molecular complexity index is 1190. The lowest BCUT2D eigenvalue weighted by molar-refractivity contribution is -0.111. The van der Waals surface area contributed by atoms with Crippen LogP contribution < -0.4 is 24.3 Å². The van der Waals surface area contributed by atoms with Gasteiger partial charge in [-0.15, -0.1) is 0 Å². The van der Waals surface area contributed by atoms with Gasteiger partial charge in [-0.25, -0.2) is 0 Å². The first-order valence-corrected chi connectivity index (χ1v) is 10.4. The molecule has 0 aliphatic carbocycles. The number of amides is 1. The summed E-state index contributed by atoms with van der Waals surface area (Å²) in [6, 6.07) is 15.9. The van der Waals surface area contributed by atoms with Crippen molar-refractivity contribution in [2.24, 2.45) is 0 Å². The van der Waals surface area contributed by atoms with E-state index in [2.05, 4.69) is 5.32 Å². The largest absolute Gasteiger partial charge is 0.506 e. The van der Waals surface area contributed by atoms with Crippen LogP contribution in [0.15, 0.2) is 60.7 Å². The minimum absolute atomic E-state index is 0.0342. The second-order valence-corrected chi connectivity index (χ2v) is 7.17. The Hall–Kier alpha value is -4.39. The molecule has 0 fully saturated rings. The van der Waals surface area contributed by atoms with Gasteiger partial charge in [0.05, 0.1) is 34.1 Å². The van der Waals surface area contributed by atoms with Gasteiger partial charge in [0, 0.05) is 6.08 Å². The smallest absolute Gasteiger partial charge is 0.248 e. The van der Waals surface area contributed by atoms with Gasteiger partial charge in [-0.3, -0.25) is 4.79 Å². The molecule has 0 saturated heterocycles. The number of carbonyl (C=O) groups is 1. The molecule has 0 radical (unpaired) electrons. The summed E-state index contributed by atoms with van der Waals surface area (Å²) in [6.07, 6.45) is 6.78. The van der Waals surface area contributed by atoms with Gasteiger partial charge in [-0.05, 0) is 59.2 Å². The van der Waals surface area contributed by atoms with Crippen LogP contribution in [0.1, 0.15) is 16.7 Å². The van der Waals surface area contributed by atoms with Crippen LogP contribution in [0.5, 0.6) is 28.7 Å². The van der Waals surface area contributed by atoms with Gasteiger partial charge in [0.15, 0.2) is 11.5 Å². The second kappa shape index (κ2) is 11.5. The molecule has 176 valence electrons. The number of phenols is 1. The van der Waals surface area contributed by atoms with E-state index < -0.39 is 0 Å². The van der Waals surface area contributed by atoms with E-state index in [4.69, 9.17) is 18.9 Å². The average molecular weight is 462 g/mol. The molecule has 0 aliphatic heterocycles. The standard InChI is InChI=1S/C27H27NO6/c1-31-21-7-5-6-18(14-21)11-13-26(30)28-22-15-19(10-12-23(22)29)8-9-20-16-24(32-2)27(34-4)25(17-20)33-3/h5-17,29H,1-4H3,(H,28,30)/b9-8?,13-11+. The highest BCUT2D eigenvalue weighted by atomic mass is 16.5. The summed E-state index contributed by atoms with van der Waals surface area (Å²) in [5.74, 6) is 1.90. The van der Waals surface area contributed by atoms with Crippen molar-refractivity contribution < 1.29 is 28.8 Å². The minimum Gasteiger partial charge on any atom is -0.506 e. The molecule has 0 unspecified atom stereocenters. The summed E-state index contributed by atoms with van der Waals surface area (Å²) in [6.45, 7) is 0. The van der Waals surface area contributed by atoms with Crippen molar-refractivity contribution in [1.29, 1.82) is 0 Å². The normalized spacial score (nSPS) is 10.9. The maximum atomic E-state index is 12.4. The van der Waals surface area contributed by atoms with E-state index in [1.807, 2.05) is 48.6 Å². The number of hydrogen-bond acceptors (Lipinski definition) is 6. The molecule has 7 nitrogen and oxygen atoms in total. The van der Waals surface area contributed by atoms with Crippen LogP contribution in [0, 0.1) is 0 Å². The number of phenolic OH excluding ortho intramolecular Hbond substituents is 1. The van der Waals surface area contributed by atoms with Crippen LogP contribution >= 0.6 is 0 Å². The van der Waals surface area contributed by atoms with Crippen molar-refractivity contribution in [3.63, 3.8) is 0 Å². The van der Waals surface area contributed by atoms with Crippen molar-refractivity contribution in [3.05, 3.63) is 77.4 Å². The van der Waals surface area contributed by atoms with Gasteiger partial charge in [-0.2, -0.15) is 0 Å². The molecule has 1 amide bonds. The summed E-state index contributed by atoms with van der Waals surface area (Å²) in [7, 11) is 6.25. The molecular weight excluding hydrogens is 434 g/mol. The molecule has 3 rings (SSSR count). The topological polar surface area (TPSA) is 86.3 Å². The van der Waals surface area contributed by atoms with Gasteiger partial charge in [0.1, 0.15) is 11.5 Å². The zero-order chi connectivity index (χ0) is 24.5. The number of hydrogen-bond donors (Lipinski definition) is 2. The first kappa shape index (κ1) is 24.3. The summed E-state index contributed by atoms with van der Waals surface area (Å²) in [5, 5.41) is 12.9. The fourth-order valence-electron chi connectivity index (χ4n) is 3.24. The van der Waals surface area contributed by atoms with E-state index in [1.54, 1.807) is 46.6 Å². The predicted molar refractivity (Wildman–Crippen MR) is 134 cm³/mol. The molecule has 0 aliphatic rings. The van der Waals surface area contributed by atoms with Crippen LogP contribution in [0.25, 0.3) is 18.2 Å². The van der Waals surface area contributed by atoms with Crippen molar-refractivity contribution in [2.75, 3.05) is 33.8 Å². The Morgan fingerprint density at radius 3 is 2.09 bits per heavy atom. The Morgan fingerprint density at radius 1 is 0.765 bits per heavy atom. The Balaban J connectivity index is 1.76. The monoisotopic (exact) mass is 461 g/mol. The molecule has 34 heavy (non-hydrogen) atoms. The summed E-state index contributed by atoms with van der Waals surface area (Å²) < 4.78 is 21.3. The number of nitrogens with one attached hydrogen (secondary N) is 1. The second-order valence-electron chi connectivity index (χ2n) is 7.17. The average Bonchev–Trinajstić information content (AvgIpc) is 2.87. The molecule has 0 saturated carbocycles. The first-order valence-electron chi connectivity index (χ1n) is 10.4. The summed E-state index contributed by atoms with van der Waals surface area (Å²) in [4.78, 5) is 12.4. The van der Waals surface area contributed by atoms with E-state index in [1.165, 1.54) is 12.1 Å². The van der Waals surface area contributed by atoms with Crippen LogP contribution in [0.2, 0.25) is 0 Å². The van der Waals surface area contributed by atoms with E-state index in [-0.39, 0.29) is 11.7 Å². The van der Waals surface area contributed by atoms with Gasteiger partial charge in [0.2, 0.25) is 11.7 Å². The molecule has 0 spiro atoms. The molecule has 7 heteroatoms. The van der Waals surface area contributed by atoms with Gasteiger partial charge in [-0.1, -0.05) is 30.4 Å². The molecule has 0 bridgehead atoms. The highest BCUT2D eigenvalue weighted by Gasteiger charge is 2.12. The van der Waals surface area contributed by atoms with E-state index in [0.29, 0.717) is 28.7 Å². The van der Waals surface area contributed by atoms with Crippen molar-refractivity contribution in [2.45, 2.75) is 0 Å². The summed E-state index contributed by atoms with van der Waals surface area (Å²) >= 11 is 0. The van der Waals surface area contributed by atoms with Crippen molar-refractivity contribution >= 4 is 29.8 Å². The third kappa shape index (κ3) is 6.10. The number of anilines is 1. The zero-order valence-corrected chi connectivity index (χ0v) is 19.5. The maximum absolute atomic E-state index is 12.4. The lowest BCUT2D eigenvalue weighted by Gasteiger charge is -2.12. The lowest BCUT2D eigenvalue weighted by atomic mass is 10.1. The number of rotatable bonds is 9. The zero-order valence-electron chi connectivity index (χ0n) is 19.5. The first-order chi connectivity index (χ1) is 16.5. The van der Waals surface area contributed by atoms with Crippen molar-refractivity contribution in [3.8, 4) is 28.7 Å². The van der Waals surface area contributed by atoms with Crippen molar-refractivity contribution in [1.82, 2.24) is 0 Å². The fraction of sp³-hybridized carbons (Fsp3) is 0.148. The van der Waals surface area contributed by atoms with Crippen LogP contribution in [0.3, 0.4) is 0 Å². The van der Waals surface area contributed by atoms with E-state index in [0.717, 1.165) is 16.7 Å². The molecule has 0 atom stereocenters. The number of carbonyl (C=O) groups excluding carboxylic acids is 1. The Labute approximate surface area is 198 Å².